The van der Waals surface area contributed by atoms with Gasteiger partial charge in [0.15, 0.2) is 0 Å². The van der Waals surface area contributed by atoms with E-state index < -0.39 is 23.5 Å². The summed E-state index contributed by atoms with van der Waals surface area (Å²) in [6.07, 6.45) is 0.349. The second-order valence-electron chi connectivity index (χ2n) is 7.15. The zero-order chi connectivity index (χ0) is 20.7. The third kappa shape index (κ3) is 3.43. The summed E-state index contributed by atoms with van der Waals surface area (Å²) in [5.74, 6) is -0.487. The van der Waals surface area contributed by atoms with E-state index in [-0.39, 0.29) is 23.0 Å². The lowest BCUT2D eigenvalue weighted by Gasteiger charge is -2.22. The second kappa shape index (κ2) is 7.02. The number of rotatable bonds is 4. The van der Waals surface area contributed by atoms with E-state index in [1.54, 1.807) is 25.1 Å². The van der Waals surface area contributed by atoms with Crippen molar-refractivity contribution < 1.29 is 14.3 Å². The van der Waals surface area contributed by atoms with Gasteiger partial charge in [-0.25, -0.2) is 14.2 Å². The Morgan fingerprint density at radius 1 is 1.38 bits per heavy atom. The summed E-state index contributed by atoms with van der Waals surface area (Å²) < 4.78 is 15.4. The molecule has 0 saturated heterocycles. The van der Waals surface area contributed by atoms with Crippen molar-refractivity contribution in [2.24, 2.45) is 5.92 Å². The van der Waals surface area contributed by atoms with E-state index in [2.05, 4.69) is 10.3 Å². The summed E-state index contributed by atoms with van der Waals surface area (Å²) in [5, 5.41) is 21.3. The first-order chi connectivity index (χ1) is 13.9. The van der Waals surface area contributed by atoms with Crippen LogP contribution in [0.5, 0.6) is 0 Å². The molecule has 4 rings (SSSR count). The summed E-state index contributed by atoms with van der Waals surface area (Å²) in [6.45, 7) is 1.77. The van der Waals surface area contributed by atoms with Crippen LogP contribution in [-0.4, -0.2) is 20.8 Å². The van der Waals surface area contributed by atoms with Gasteiger partial charge in [0.2, 0.25) is 0 Å². The first-order valence-electron chi connectivity index (χ1n) is 9.12. The number of aromatic nitrogens is 2. The minimum Gasteiger partial charge on any atom is -0.465 e. The molecule has 0 radical (unpaired) electrons. The van der Waals surface area contributed by atoms with Crippen molar-refractivity contribution in [1.29, 1.82) is 5.26 Å². The molecule has 0 spiro atoms. The van der Waals surface area contributed by atoms with Crippen LogP contribution >= 0.6 is 0 Å². The van der Waals surface area contributed by atoms with Crippen LogP contribution in [0.4, 0.5) is 9.18 Å². The number of carboxylic acid groups (broad SMARTS) is 1. The van der Waals surface area contributed by atoms with Crippen LogP contribution in [0.2, 0.25) is 0 Å². The Kier molecular flexibility index (Phi) is 4.51. The van der Waals surface area contributed by atoms with E-state index in [4.69, 9.17) is 0 Å². The Morgan fingerprint density at radius 3 is 2.79 bits per heavy atom. The molecule has 1 amide bonds. The molecular weight excluding hydrogens is 375 g/mol. The minimum absolute atomic E-state index is 0.00416. The fourth-order valence-corrected chi connectivity index (χ4v) is 3.59. The summed E-state index contributed by atoms with van der Waals surface area (Å²) in [4.78, 5) is 29.5. The van der Waals surface area contributed by atoms with Crippen LogP contribution in [0.1, 0.15) is 35.8 Å². The first-order valence-corrected chi connectivity index (χ1v) is 9.12. The van der Waals surface area contributed by atoms with Crippen molar-refractivity contribution >= 4 is 17.0 Å². The third-order valence-electron chi connectivity index (χ3n) is 5.05. The van der Waals surface area contributed by atoms with Crippen molar-refractivity contribution in [2.45, 2.75) is 25.8 Å². The third-order valence-corrected chi connectivity index (χ3v) is 5.05. The van der Waals surface area contributed by atoms with Gasteiger partial charge in [-0.3, -0.25) is 9.36 Å². The molecule has 2 N–H and O–H groups in total. The molecule has 1 unspecified atom stereocenters. The largest absolute Gasteiger partial charge is 0.465 e. The van der Waals surface area contributed by atoms with Gasteiger partial charge in [0.1, 0.15) is 11.6 Å². The molecule has 1 aromatic heterocycles. The lowest BCUT2D eigenvalue weighted by Crippen LogP contribution is -2.35. The van der Waals surface area contributed by atoms with E-state index in [0.717, 1.165) is 25.0 Å². The van der Waals surface area contributed by atoms with Crippen molar-refractivity contribution in [1.82, 2.24) is 14.9 Å². The Hall–Kier alpha value is -3.73. The highest BCUT2D eigenvalue weighted by Gasteiger charge is 2.37. The van der Waals surface area contributed by atoms with Crippen LogP contribution in [0.15, 0.2) is 41.2 Å². The lowest BCUT2D eigenvalue weighted by molar-refractivity contribution is 0.187. The predicted molar refractivity (Wildman–Crippen MR) is 103 cm³/mol. The molecule has 1 aliphatic rings. The number of nitrogens with one attached hydrogen (secondary N) is 1. The highest BCUT2D eigenvalue weighted by atomic mass is 19.1. The monoisotopic (exact) mass is 392 g/mol. The van der Waals surface area contributed by atoms with Gasteiger partial charge < -0.3 is 10.4 Å². The Labute approximate surface area is 165 Å². The van der Waals surface area contributed by atoms with Gasteiger partial charge >= 0.3 is 6.09 Å². The zero-order valence-corrected chi connectivity index (χ0v) is 15.5. The van der Waals surface area contributed by atoms with Crippen molar-refractivity contribution in [3.63, 3.8) is 0 Å². The molecule has 8 heteroatoms. The number of amides is 1. The van der Waals surface area contributed by atoms with Gasteiger partial charge in [-0.2, -0.15) is 5.26 Å². The van der Waals surface area contributed by atoms with E-state index in [1.807, 2.05) is 6.07 Å². The SMILES string of the molecule is Cc1cccc2nc(C(NC(=O)O)C3CC3)n(-c3cc(F)cc(C#N)c3)c(=O)c12. The Balaban J connectivity index is 2.08. The molecule has 7 nitrogen and oxygen atoms in total. The quantitative estimate of drug-likeness (QED) is 0.707. The van der Waals surface area contributed by atoms with Gasteiger partial charge in [-0.05, 0) is 55.5 Å². The molecule has 2 aromatic carbocycles. The van der Waals surface area contributed by atoms with Crippen molar-refractivity contribution in [3.8, 4) is 11.8 Å². The molecule has 1 heterocycles. The van der Waals surface area contributed by atoms with Gasteiger partial charge in [0.05, 0.1) is 34.3 Å². The molecule has 1 saturated carbocycles. The number of nitriles is 1. The molecule has 0 bridgehead atoms. The summed E-state index contributed by atoms with van der Waals surface area (Å²) in [7, 11) is 0. The first kappa shape index (κ1) is 18.6. The number of benzene rings is 2. The number of halogens is 1. The molecule has 0 aliphatic heterocycles. The maximum Gasteiger partial charge on any atom is 0.405 e. The summed E-state index contributed by atoms with van der Waals surface area (Å²) in [5.41, 5.74) is 0.895. The number of hydrogen-bond acceptors (Lipinski definition) is 4. The lowest BCUT2D eigenvalue weighted by atomic mass is 10.1. The van der Waals surface area contributed by atoms with Crippen LogP contribution < -0.4 is 10.9 Å². The van der Waals surface area contributed by atoms with E-state index in [9.17, 15) is 24.3 Å². The molecule has 146 valence electrons. The zero-order valence-electron chi connectivity index (χ0n) is 15.5. The number of carbonyl (C=O) groups is 1. The average molecular weight is 392 g/mol. The Bertz CT molecular complexity index is 1240. The van der Waals surface area contributed by atoms with Crippen LogP contribution in [0, 0.1) is 30.0 Å². The smallest absolute Gasteiger partial charge is 0.405 e. The van der Waals surface area contributed by atoms with Crippen molar-refractivity contribution in [2.75, 3.05) is 0 Å². The summed E-state index contributed by atoms with van der Waals surface area (Å²) in [6, 6.07) is 9.99. The highest BCUT2D eigenvalue weighted by molar-refractivity contribution is 5.81. The number of hydrogen-bond donors (Lipinski definition) is 2. The number of fused-ring (bicyclic) bond motifs is 1. The van der Waals surface area contributed by atoms with Gasteiger partial charge in [-0.15, -0.1) is 0 Å². The standard InChI is InChI=1S/C21H17FN4O3/c1-11-3-2-4-16-17(11)20(27)26(15-8-12(10-23)7-14(22)9-15)19(24-16)18(13-5-6-13)25-21(28)29/h2-4,7-9,13,18,25H,5-6H2,1H3,(H,28,29). The molecule has 29 heavy (non-hydrogen) atoms. The van der Waals surface area contributed by atoms with Gasteiger partial charge in [-0.1, -0.05) is 12.1 Å². The molecule has 1 fully saturated rings. The number of aryl methyl sites for hydroxylation is 1. The minimum atomic E-state index is -1.23. The highest BCUT2D eigenvalue weighted by Crippen LogP contribution is 2.41. The van der Waals surface area contributed by atoms with Gasteiger partial charge in [0, 0.05) is 0 Å². The molecule has 1 atom stereocenters. The predicted octanol–water partition coefficient (Wildman–Crippen LogP) is 3.42. The van der Waals surface area contributed by atoms with Crippen LogP contribution in [0.3, 0.4) is 0 Å². The summed E-state index contributed by atoms with van der Waals surface area (Å²) >= 11 is 0. The van der Waals surface area contributed by atoms with Crippen molar-refractivity contribution in [3.05, 3.63) is 69.5 Å². The average Bonchev–Trinajstić information content (AvgIpc) is 3.50. The second-order valence-corrected chi connectivity index (χ2v) is 7.15. The topological polar surface area (TPSA) is 108 Å². The number of nitrogens with zero attached hydrogens (tertiary/aromatic N) is 3. The fourth-order valence-electron chi connectivity index (χ4n) is 3.59. The van der Waals surface area contributed by atoms with Gasteiger partial charge in [0.25, 0.3) is 5.56 Å². The fraction of sp³-hybridized carbons (Fsp3) is 0.238. The van der Waals surface area contributed by atoms with Crippen LogP contribution in [-0.2, 0) is 0 Å². The molecule has 3 aromatic rings. The van der Waals surface area contributed by atoms with E-state index in [0.29, 0.717) is 16.5 Å². The van der Waals surface area contributed by atoms with E-state index >= 15 is 0 Å². The maximum absolute atomic E-state index is 14.1. The molecular formula is C21H17FN4O3. The van der Waals surface area contributed by atoms with Crippen LogP contribution in [0.25, 0.3) is 16.6 Å². The Morgan fingerprint density at radius 2 is 2.14 bits per heavy atom. The normalized spacial score (nSPS) is 14.4. The maximum atomic E-state index is 14.1. The molecule has 1 aliphatic carbocycles. The van der Waals surface area contributed by atoms with E-state index in [1.165, 1.54) is 10.6 Å².